The van der Waals surface area contributed by atoms with Gasteiger partial charge in [-0.05, 0) is 44.0 Å². The van der Waals surface area contributed by atoms with Crippen LogP contribution < -0.4 is 16.0 Å². The Morgan fingerprint density at radius 1 is 0.900 bits per heavy atom. The summed E-state index contributed by atoms with van der Waals surface area (Å²) in [5, 5.41) is 7.79. The fourth-order valence-electron chi connectivity index (χ4n) is 2.53. The largest absolute Gasteiger partial charge is 0.444 e. The third-order valence-corrected chi connectivity index (χ3v) is 3.87. The molecule has 30 heavy (non-hydrogen) atoms. The monoisotopic (exact) mass is 415 g/mol. The van der Waals surface area contributed by atoms with Crippen LogP contribution in [0.15, 0.2) is 48.5 Å². The second-order valence-corrected chi connectivity index (χ2v) is 7.61. The number of carbonyl (C=O) groups is 3. The van der Waals surface area contributed by atoms with Crippen molar-refractivity contribution in [2.24, 2.45) is 0 Å². The topological polar surface area (TPSA) is 96.5 Å². The first-order chi connectivity index (χ1) is 14.1. The highest BCUT2D eigenvalue weighted by atomic mass is 19.1. The molecule has 7 nitrogen and oxygen atoms in total. The summed E-state index contributed by atoms with van der Waals surface area (Å²) in [6, 6.07) is 13.0. The van der Waals surface area contributed by atoms with Gasteiger partial charge in [0.15, 0.2) is 0 Å². The number of rotatable bonds is 7. The van der Waals surface area contributed by atoms with E-state index in [-0.39, 0.29) is 25.4 Å². The third kappa shape index (κ3) is 7.90. The van der Waals surface area contributed by atoms with E-state index in [1.54, 1.807) is 63.2 Å². The summed E-state index contributed by atoms with van der Waals surface area (Å²) >= 11 is 0. The summed E-state index contributed by atoms with van der Waals surface area (Å²) in [5.41, 5.74) is 0.822. The molecule has 0 bridgehead atoms. The molecule has 3 N–H and O–H groups in total. The van der Waals surface area contributed by atoms with Gasteiger partial charge < -0.3 is 20.7 Å². The molecule has 0 spiro atoms. The lowest BCUT2D eigenvalue weighted by Gasteiger charge is -2.19. The molecule has 2 aromatic carbocycles. The number of nitrogens with one attached hydrogen (secondary N) is 3. The number of halogens is 1. The van der Waals surface area contributed by atoms with Crippen LogP contribution in [0, 0.1) is 5.82 Å². The maximum absolute atomic E-state index is 13.7. The molecule has 0 unspecified atom stereocenters. The molecule has 2 aromatic rings. The third-order valence-electron chi connectivity index (χ3n) is 3.87. The average molecular weight is 415 g/mol. The van der Waals surface area contributed by atoms with Crippen molar-refractivity contribution in [2.75, 3.05) is 11.9 Å². The minimum atomic E-state index is -0.689. The number of hydrogen-bond donors (Lipinski definition) is 3. The number of ether oxygens (including phenoxy) is 1. The van der Waals surface area contributed by atoms with Crippen molar-refractivity contribution in [3.63, 3.8) is 0 Å². The summed E-state index contributed by atoms with van der Waals surface area (Å²) in [7, 11) is 0. The zero-order valence-corrected chi connectivity index (χ0v) is 17.3. The number of hydrogen-bond acceptors (Lipinski definition) is 4. The van der Waals surface area contributed by atoms with Gasteiger partial charge in [0.1, 0.15) is 18.0 Å². The molecule has 0 aliphatic carbocycles. The number of benzene rings is 2. The highest BCUT2D eigenvalue weighted by Gasteiger charge is 2.17. The van der Waals surface area contributed by atoms with Crippen LogP contribution in [0.1, 0.15) is 31.9 Å². The molecule has 0 aliphatic heterocycles. The van der Waals surface area contributed by atoms with Gasteiger partial charge in [-0.1, -0.05) is 36.4 Å². The first kappa shape index (κ1) is 22.9. The summed E-state index contributed by atoms with van der Waals surface area (Å²) in [5.74, 6) is -1.21. The van der Waals surface area contributed by atoms with Crippen LogP contribution in [-0.4, -0.2) is 30.1 Å². The Labute approximate surface area is 175 Å². The fraction of sp³-hybridized carbons (Fsp3) is 0.318. The van der Waals surface area contributed by atoms with Gasteiger partial charge >= 0.3 is 6.09 Å². The molecule has 160 valence electrons. The summed E-state index contributed by atoms with van der Waals surface area (Å²) in [6.45, 7) is 5.07. The highest BCUT2D eigenvalue weighted by Crippen LogP contribution is 2.15. The van der Waals surface area contributed by atoms with E-state index in [1.807, 2.05) is 0 Å². The van der Waals surface area contributed by atoms with Crippen LogP contribution in [-0.2, 0) is 27.3 Å². The number of para-hydroxylation sites is 1. The molecule has 3 amide bonds. The first-order valence-corrected chi connectivity index (χ1v) is 9.49. The number of carbonyl (C=O) groups excluding carboxylic acids is 3. The smallest absolute Gasteiger partial charge is 0.408 e. The highest BCUT2D eigenvalue weighted by molar-refractivity contribution is 5.94. The quantitative estimate of drug-likeness (QED) is 0.647. The Bertz CT molecular complexity index is 909. The Morgan fingerprint density at radius 2 is 1.53 bits per heavy atom. The molecule has 2 rings (SSSR count). The standard InChI is InChI=1S/C22H26FN3O4/c1-22(2,3)30-21(29)25-14-20(28)26-18-11-7-5-9-16(18)13-24-19(27)12-15-8-4-6-10-17(15)23/h4-11H,12-14H2,1-3H3,(H,24,27)(H,25,29)(H,26,28). The Balaban J connectivity index is 1.88. The van der Waals surface area contributed by atoms with Gasteiger partial charge in [-0.3, -0.25) is 9.59 Å². The van der Waals surface area contributed by atoms with E-state index >= 15 is 0 Å². The molecule has 0 saturated carbocycles. The maximum Gasteiger partial charge on any atom is 0.408 e. The Hall–Kier alpha value is -3.42. The van der Waals surface area contributed by atoms with Crippen LogP contribution >= 0.6 is 0 Å². The van der Waals surface area contributed by atoms with Crippen LogP contribution in [0.3, 0.4) is 0 Å². The van der Waals surface area contributed by atoms with E-state index in [0.29, 0.717) is 16.8 Å². The SMILES string of the molecule is CC(C)(C)OC(=O)NCC(=O)Nc1ccccc1CNC(=O)Cc1ccccc1F. The molecule has 0 heterocycles. The zero-order chi connectivity index (χ0) is 22.1. The van der Waals surface area contributed by atoms with E-state index in [0.717, 1.165) is 0 Å². The number of alkyl carbamates (subject to hydrolysis) is 1. The molecule has 0 aromatic heterocycles. The second kappa shape index (κ2) is 10.4. The minimum Gasteiger partial charge on any atom is -0.444 e. The van der Waals surface area contributed by atoms with Gasteiger partial charge in [-0.15, -0.1) is 0 Å². The normalized spacial score (nSPS) is 10.8. The summed E-state index contributed by atoms with van der Waals surface area (Å²) in [4.78, 5) is 35.9. The second-order valence-electron chi connectivity index (χ2n) is 7.61. The predicted octanol–water partition coefficient (Wildman–Crippen LogP) is 3.15. The Kier molecular flexibility index (Phi) is 7.91. The zero-order valence-electron chi connectivity index (χ0n) is 17.3. The maximum atomic E-state index is 13.7. The molecular formula is C22H26FN3O4. The lowest BCUT2D eigenvalue weighted by atomic mass is 10.1. The van der Waals surface area contributed by atoms with Crippen molar-refractivity contribution in [2.45, 2.75) is 39.3 Å². The van der Waals surface area contributed by atoms with Crippen LogP contribution in [0.4, 0.5) is 14.9 Å². The van der Waals surface area contributed by atoms with Crippen LogP contribution in [0.25, 0.3) is 0 Å². The van der Waals surface area contributed by atoms with E-state index in [2.05, 4.69) is 16.0 Å². The van der Waals surface area contributed by atoms with Gasteiger partial charge in [0, 0.05) is 12.2 Å². The minimum absolute atomic E-state index is 0.0823. The van der Waals surface area contributed by atoms with Gasteiger partial charge in [-0.2, -0.15) is 0 Å². The Morgan fingerprint density at radius 3 is 2.20 bits per heavy atom. The summed E-state index contributed by atoms with van der Waals surface area (Å²) < 4.78 is 18.8. The van der Waals surface area contributed by atoms with E-state index in [1.165, 1.54) is 6.07 Å². The van der Waals surface area contributed by atoms with E-state index < -0.39 is 23.4 Å². The molecule has 8 heteroatoms. The van der Waals surface area contributed by atoms with Crippen molar-refractivity contribution >= 4 is 23.6 Å². The van der Waals surface area contributed by atoms with E-state index in [9.17, 15) is 18.8 Å². The number of anilines is 1. The lowest BCUT2D eigenvalue weighted by molar-refractivity contribution is -0.120. The van der Waals surface area contributed by atoms with Crippen molar-refractivity contribution in [1.82, 2.24) is 10.6 Å². The van der Waals surface area contributed by atoms with Crippen molar-refractivity contribution in [3.8, 4) is 0 Å². The lowest BCUT2D eigenvalue weighted by Crippen LogP contribution is -2.37. The fourth-order valence-corrected chi connectivity index (χ4v) is 2.53. The number of amides is 3. The molecular weight excluding hydrogens is 389 g/mol. The molecule has 0 radical (unpaired) electrons. The van der Waals surface area contributed by atoms with Crippen molar-refractivity contribution < 1.29 is 23.5 Å². The van der Waals surface area contributed by atoms with Crippen molar-refractivity contribution in [1.29, 1.82) is 0 Å². The predicted molar refractivity (Wildman–Crippen MR) is 111 cm³/mol. The molecule has 0 saturated heterocycles. The van der Waals surface area contributed by atoms with Crippen molar-refractivity contribution in [3.05, 3.63) is 65.5 Å². The van der Waals surface area contributed by atoms with Gasteiger partial charge in [0.25, 0.3) is 0 Å². The first-order valence-electron chi connectivity index (χ1n) is 9.49. The molecule has 0 fully saturated rings. The molecule has 0 aliphatic rings. The van der Waals surface area contributed by atoms with Crippen LogP contribution in [0.2, 0.25) is 0 Å². The average Bonchev–Trinajstić information content (AvgIpc) is 2.66. The van der Waals surface area contributed by atoms with Gasteiger partial charge in [0.05, 0.1) is 6.42 Å². The molecule has 0 atom stereocenters. The van der Waals surface area contributed by atoms with Gasteiger partial charge in [0.2, 0.25) is 11.8 Å². The van der Waals surface area contributed by atoms with E-state index in [4.69, 9.17) is 4.74 Å². The summed E-state index contributed by atoms with van der Waals surface area (Å²) in [6.07, 6.45) is -0.771. The van der Waals surface area contributed by atoms with Crippen LogP contribution in [0.5, 0.6) is 0 Å². The van der Waals surface area contributed by atoms with Gasteiger partial charge in [-0.25, -0.2) is 9.18 Å².